The highest BCUT2D eigenvalue weighted by molar-refractivity contribution is 5.87. The SMILES string of the molecule is CN(C)CC1=C(c2ccc3cc(F)ccc3c2)C2CCC1C2. The zero-order chi connectivity index (χ0) is 15.3. The maximum atomic E-state index is 13.4. The van der Waals surface area contributed by atoms with Gasteiger partial charge in [-0.3, -0.25) is 0 Å². The molecule has 2 aromatic rings. The first-order valence-corrected chi connectivity index (χ1v) is 8.19. The van der Waals surface area contributed by atoms with E-state index in [9.17, 15) is 4.39 Å². The maximum Gasteiger partial charge on any atom is 0.123 e. The number of hydrogen-bond acceptors (Lipinski definition) is 1. The highest BCUT2D eigenvalue weighted by Gasteiger charge is 2.39. The second kappa shape index (κ2) is 5.20. The minimum absolute atomic E-state index is 0.160. The van der Waals surface area contributed by atoms with E-state index in [1.54, 1.807) is 23.3 Å². The normalized spacial score (nSPS) is 24.0. The number of allylic oxidation sites excluding steroid dienone is 1. The molecule has 2 aromatic carbocycles. The standard InChI is InChI=1S/C20H22FN/c1-22(2)12-19-15-4-6-17(10-15)20(19)16-5-3-14-11-18(21)8-7-13(14)9-16/h3,5,7-9,11,15,17H,4,6,10,12H2,1-2H3. The zero-order valence-electron chi connectivity index (χ0n) is 13.3. The highest BCUT2D eigenvalue weighted by Crippen LogP contribution is 2.52. The van der Waals surface area contributed by atoms with Crippen LogP contribution in [-0.4, -0.2) is 25.5 Å². The first-order valence-electron chi connectivity index (χ1n) is 8.19. The van der Waals surface area contributed by atoms with Crippen molar-refractivity contribution in [3.63, 3.8) is 0 Å². The van der Waals surface area contributed by atoms with Crippen molar-refractivity contribution < 1.29 is 4.39 Å². The molecule has 0 aliphatic heterocycles. The number of fused-ring (bicyclic) bond motifs is 3. The molecule has 2 heteroatoms. The molecule has 0 heterocycles. The van der Waals surface area contributed by atoms with Gasteiger partial charge in [0, 0.05) is 6.54 Å². The van der Waals surface area contributed by atoms with Crippen LogP contribution < -0.4 is 0 Å². The molecule has 22 heavy (non-hydrogen) atoms. The van der Waals surface area contributed by atoms with Gasteiger partial charge in [-0.05, 0) is 90.9 Å². The molecule has 0 amide bonds. The molecule has 0 radical (unpaired) electrons. The number of likely N-dealkylation sites (N-methyl/N-ethyl adjacent to an activating group) is 1. The van der Waals surface area contributed by atoms with Crippen LogP contribution in [0.1, 0.15) is 24.8 Å². The smallest absolute Gasteiger partial charge is 0.123 e. The van der Waals surface area contributed by atoms with Crippen molar-refractivity contribution in [2.45, 2.75) is 19.3 Å². The van der Waals surface area contributed by atoms with Crippen molar-refractivity contribution in [1.82, 2.24) is 4.90 Å². The summed E-state index contributed by atoms with van der Waals surface area (Å²) in [6.45, 7) is 1.07. The molecule has 2 aliphatic rings. The van der Waals surface area contributed by atoms with Gasteiger partial charge in [0.05, 0.1) is 0 Å². The summed E-state index contributed by atoms with van der Waals surface area (Å²) in [7, 11) is 4.31. The molecule has 2 aliphatic carbocycles. The molecular weight excluding hydrogens is 273 g/mol. The Bertz CT molecular complexity index is 759. The molecule has 1 saturated carbocycles. The van der Waals surface area contributed by atoms with Gasteiger partial charge < -0.3 is 4.90 Å². The summed E-state index contributed by atoms with van der Waals surface area (Å²) >= 11 is 0. The van der Waals surface area contributed by atoms with Crippen molar-refractivity contribution in [2.24, 2.45) is 11.8 Å². The predicted octanol–water partition coefficient (Wildman–Crippen LogP) is 4.72. The van der Waals surface area contributed by atoms with E-state index >= 15 is 0 Å². The zero-order valence-corrected chi connectivity index (χ0v) is 13.3. The summed E-state index contributed by atoms with van der Waals surface area (Å²) in [5.74, 6) is 1.36. The minimum atomic E-state index is -0.160. The van der Waals surface area contributed by atoms with E-state index < -0.39 is 0 Å². The molecule has 0 saturated heterocycles. The van der Waals surface area contributed by atoms with Crippen LogP contribution in [0, 0.1) is 17.7 Å². The van der Waals surface area contributed by atoms with E-state index in [2.05, 4.69) is 37.2 Å². The number of halogens is 1. The third kappa shape index (κ3) is 2.26. The van der Waals surface area contributed by atoms with E-state index in [4.69, 9.17) is 0 Å². The second-order valence-electron chi connectivity index (χ2n) is 7.09. The molecule has 1 nitrogen and oxygen atoms in total. The minimum Gasteiger partial charge on any atom is -0.305 e. The molecule has 0 spiro atoms. The Kier molecular flexibility index (Phi) is 3.30. The lowest BCUT2D eigenvalue weighted by molar-refractivity contribution is 0.423. The Morgan fingerprint density at radius 2 is 1.73 bits per heavy atom. The fourth-order valence-electron chi connectivity index (χ4n) is 4.40. The largest absolute Gasteiger partial charge is 0.305 e. The summed E-state index contributed by atoms with van der Waals surface area (Å²) in [6.07, 6.45) is 4.02. The Hall–Kier alpha value is -1.67. The third-order valence-corrected chi connectivity index (χ3v) is 5.28. The molecule has 2 unspecified atom stereocenters. The highest BCUT2D eigenvalue weighted by atomic mass is 19.1. The van der Waals surface area contributed by atoms with Crippen LogP contribution in [0.15, 0.2) is 42.0 Å². The molecule has 2 atom stereocenters. The average molecular weight is 295 g/mol. The van der Waals surface area contributed by atoms with Crippen LogP contribution in [0.3, 0.4) is 0 Å². The molecule has 2 bridgehead atoms. The van der Waals surface area contributed by atoms with Gasteiger partial charge in [0.1, 0.15) is 5.82 Å². The summed E-state index contributed by atoms with van der Waals surface area (Å²) in [5, 5.41) is 2.13. The van der Waals surface area contributed by atoms with Gasteiger partial charge in [0.2, 0.25) is 0 Å². The first-order chi connectivity index (χ1) is 10.6. The van der Waals surface area contributed by atoms with Crippen LogP contribution in [-0.2, 0) is 0 Å². The molecule has 114 valence electrons. The first kappa shape index (κ1) is 14.0. The monoisotopic (exact) mass is 295 g/mol. The fourth-order valence-corrected chi connectivity index (χ4v) is 4.40. The van der Waals surface area contributed by atoms with E-state index in [1.807, 2.05) is 6.07 Å². The molecule has 1 fully saturated rings. The quantitative estimate of drug-likeness (QED) is 0.791. The Morgan fingerprint density at radius 1 is 1.00 bits per heavy atom. The van der Waals surface area contributed by atoms with Crippen LogP contribution in [0.2, 0.25) is 0 Å². The molecule has 4 rings (SSSR count). The van der Waals surface area contributed by atoms with Gasteiger partial charge in [-0.1, -0.05) is 18.2 Å². The molecule has 0 N–H and O–H groups in total. The fraction of sp³-hybridized carbons (Fsp3) is 0.400. The van der Waals surface area contributed by atoms with Crippen LogP contribution >= 0.6 is 0 Å². The van der Waals surface area contributed by atoms with Crippen molar-refractivity contribution in [3.05, 3.63) is 53.4 Å². The third-order valence-electron chi connectivity index (χ3n) is 5.28. The average Bonchev–Trinajstić information content (AvgIpc) is 3.07. The van der Waals surface area contributed by atoms with E-state index in [0.717, 1.165) is 29.2 Å². The Morgan fingerprint density at radius 3 is 2.55 bits per heavy atom. The number of nitrogens with zero attached hydrogens (tertiary/aromatic N) is 1. The maximum absolute atomic E-state index is 13.4. The Balaban J connectivity index is 1.82. The van der Waals surface area contributed by atoms with Gasteiger partial charge in [0.15, 0.2) is 0 Å². The van der Waals surface area contributed by atoms with Gasteiger partial charge in [-0.2, -0.15) is 0 Å². The lowest BCUT2D eigenvalue weighted by atomic mass is 9.86. The number of hydrogen-bond donors (Lipinski definition) is 0. The number of rotatable bonds is 3. The van der Waals surface area contributed by atoms with Gasteiger partial charge >= 0.3 is 0 Å². The summed E-state index contributed by atoms with van der Waals surface area (Å²) < 4.78 is 13.4. The second-order valence-corrected chi connectivity index (χ2v) is 7.09. The molecule has 0 aromatic heterocycles. The van der Waals surface area contributed by atoms with E-state index in [0.29, 0.717) is 0 Å². The van der Waals surface area contributed by atoms with E-state index in [-0.39, 0.29) is 5.82 Å². The van der Waals surface area contributed by atoms with Crippen molar-refractivity contribution >= 4 is 16.3 Å². The Labute approximate surface area is 131 Å². The summed E-state index contributed by atoms with van der Waals surface area (Å²) in [6, 6.07) is 11.6. The number of benzene rings is 2. The molecular formula is C20H22FN. The van der Waals surface area contributed by atoms with Crippen molar-refractivity contribution in [3.8, 4) is 0 Å². The van der Waals surface area contributed by atoms with Crippen LogP contribution in [0.5, 0.6) is 0 Å². The van der Waals surface area contributed by atoms with Crippen LogP contribution in [0.25, 0.3) is 16.3 Å². The lowest BCUT2D eigenvalue weighted by Gasteiger charge is -2.23. The van der Waals surface area contributed by atoms with Crippen molar-refractivity contribution in [2.75, 3.05) is 20.6 Å². The van der Waals surface area contributed by atoms with Gasteiger partial charge in [-0.15, -0.1) is 0 Å². The predicted molar refractivity (Wildman–Crippen MR) is 90.2 cm³/mol. The topological polar surface area (TPSA) is 3.24 Å². The van der Waals surface area contributed by atoms with E-state index in [1.165, 1.54) is 24.8 Å². The van der Waals surface area contributed by atoms with Gasteiger partial charge in [-0.25, -0.2) is 4.39 Å². The summed E-state index contributed by atoms with van der Waals surface area (Å²) in [5.41, 5.74) is 4.57. The van der Waals surface area contributed by atoms with Crippen molar-refractivity contribution in [1.29, 1.82) is 0 Å². The summed E-state index contributed by atoms with van der Waals surface area (Å²) in [4.78, 5) is 2.28. The van der Waals surface area contributed by atoms with Crippen LogP contribution in [0.4, 0.5) is 4.39 Å². The lowest BCUT2D eigenvalue weighted by Crippen LogP contribution is -2.19. The van der Waals surface area contributed by atoms with Gasteiger partial charge in [0.25, 0.3) is 0 Å².